The molecule has 0 saturated heterocycles. The van der Waals surface area contributed by atoms with Crippen LogP contribution in [0.1, 0.15) is 111 Å². The van der Waals surface area contributed by atoms with E-state index in [0.29, 0.717) is 0 Å². The van der Waals surface area contributed by atoms with Crippen molar-refractivity contribution in [1.82, 2.24) is 0 Å². The summed E-state index contributed by atoms with van der Waals surface area (Å²) in [5.74, 6) is 0.229. The standard InChI is InChI=1S/4C8H15NO.2Fe/c4*1-6(2)9-7(3)5-8(4)10;;/h4*5-6,10H,1-4H3;;/q;;;;2*+2/p-4/b4*8-5-,9-7?;;. The molecule has 0 saturated carbocycles. The van der Waals surface area contributed by atoms with E-state index >= 15 is 0 Å². The minimum atomic E-state index is 0. The van der Waals surface area contributed by atoms with Gasteiger partial charge in [0.1, 0.15) is 0 Å². The van der Waals surface area contributed by atoms with Crippen LogP contribution < -0.4 is 20.4 Å². The van der Waals surface area contributed by atoms with Gasteiger partial charge in [0, 0.05) is 47.0 Å². The minimum Gasteiger partial charge on any atom is -0.876 e. The van der Waals surface area contributed by atoms with Gasteiger partial charge in [0.05, 0.1) is 0 Å². The molecule has 0 aliphatic carbocycles. The Labute approximate surface area is 278 Å². The summed E-state index contributed by atoms with van der Waals surface area (Å²) in [4.78, 5) is 16.6. The van der Waals surface area contributed by atoms with Gasteiger partial charge >= 0.3 is 34.1 Å². The average molecular weight is 673 g/mol. The van der Waals surface area contributed by atoms with Crippen LogP contribution in [0.5, 0.6) is 0 Å². The smallest absolute Gasteiger partial charge is 0.876 e. The van der Waals surface area contributed by atoms with E-state index in [0.717, 1.165) is 22.8 Å². The molecule has 0 aromatic carbocycles. The molecule has 0 spiro atoms. The fraction of sp³-hybridized carbons (Fsp3) is 0.625. The van der Waals surface area contributed by atoms with Crippen molar-refractivity contribution in [1.29, 1.82) is 0 Å². The molecule has 0 atom stereocenters. The van der Waals surface area contributed by atoms with Gasteiger partial charge in [-0.1, -0.05) is 52.0 Å². The molecule has 0 aromatic heterocycles. The second-order valence-corrected chi connectivity index (χ2v) is 10.5. The minimum absolute atomic E-state index is 0. The number of allylic oxidation sites excluding steroid dienone is 8. The summed E-state index contributed by atoms with van der Waals surface area (Å²) in [7, 11) is 0. The monoisotopic (exact) mass is 672 g/mol. The third-order valence-electron chi connectivity index (χ3n) is 3.50. The van der Waals surface area contributed by atoms with E-state index < -0.39 is 0 Å². The van der Waals surface area contributed by atoms with E-state index in [2.05, 4.69) is 20.0 Å². The van der Waals surface area contributed by atoms with E-state index in [9.17, 15) is 20.4 Å². The van der Waals surface area contributed by atoms with E-state index in [1.807, 2.05) is 83.1 Å². The molecule has 0 heterocycles. The van der Waals surface area contributed by atoms with E-state index in [4.69, 9.17) is 0 Å². The summed E-state index contributed by atoms with van der Waals surface area (Å²) in [6.07, 6.45) is 6.17. The Morgan fingerprint density at radius 1 is 0.357 bits per heavy atom. The van der Waals surface area contributed by atoms with Gasteiger partial charge in [-0.05, 0) is 83.1 Å². The molecular formula is C32H56Fe2N4O4. The number of hydrogen-bond acceptors (Lipinski definition) is 8. The molecule has 0 aliphatic heterocycles. The molecule has 8 nitrogen and oxygen atoms in total. The zero-order valence-corrected chi connectivity index (χ0v) is 31.0. The maximum absolute atomic E-state index is 10.5. The number of nitrogens with zero attached hydrogens (tertiary/aromatic N) is 4. The van der Waals surface area contributed by atoms with Crippen molar-refractivity contribution in [2.45, 2.75) is 135 Å². The molecule has 244 valence electrons. The maximum Gasteiger partial charge on any atom is 2.00 e. The van der Waals surface area contributed by atoms with Gasteiger partial charge < -0.3 is 20.4 Å². The van der Waals surface area contributed by atoms with Gasteiger partial charge in [-0.3, -0.25) is 20.0 Å². The van der Waals surface area contributed by atoms with Crippen molar-refractivity contribution in [3.63, 3.8) is 0 Å². The summed E-state index contributed by atoms with van der Waals surface area (Å²) in [6.45, 7) is 29.3. The Balaban J connectivity index is -0.000000101. The molecule has 0 N–H and O–H groups in total. The Bertz CT molecular complexity index is 774. The van der Waals surface area contributed by atoms with Crippen molar-refractivity contribution in [3.05, 3.63) is 47.3 Å². The van der Waals surface area contributed by atoms with E-state index in [1.54, 1.807) is 24.3 Å². The summed E-state index contributed by atoms with van der Waals surface area (Å²) >= 11 is 0. The average Bonchev–Trinajstić information content (AvgIpc) is 2.63. The molecular weight excluding hydrogens is 616 g/mol. The van der Waals surface area contributed by atoms with Crippen LogP contribution in [0.25, 0.3) is 0 Å². The molecule has 0 aliphatic rings. The zero-order valence-electron chi connectivity index (χ0n) is 28.7. The summed E-state index contributed by atoms with van der Waals surface area (Å²) in [5, 5.41) is 42.0. The Kier molecular flexibility index (Phi) is 39.8. The topological polar surface area (TPSA) is 142 Å². The first-order chi connectivity index (χ1) is 18.1. The molecule has 0 amide bonds. The van der Waals surface area contributed by atoms with Crippen LogP contribution in [0.2, 0.25) is 0 Å². The molecule has 0 unspecified atom stereocenters. The van der Waals surface area contributed by atoms with Crippen molar-refractivity contribution in [2.24, 2.45) is 20.0 Å². The molecule has 0 rings (SSSR count). The zero-order chi connectivity index (χ0) is 32.6. The van der Waals surface area contributed by atoms with E-state index in [-0.39, 0.29) is 81.3 Å². The molecule has 42 heavy (non-hydrogen) atoms. The third kappa shape index (κ3) is 57.7. The molecule has 10 heteroatoms. The largest absolute Gasteiger partial charge is 2.00 e. The quantitative estimate of drug-likeness (QED) is 0.213. The van der Waals surface area contributed by atoms with Crippen molar-refractivity contribution < 1.29 is 54.6 Å². The summed E-state index contributed by atoms with van der Waals surface area (Å²) in [6, 6.07) is 1.09. The van der Waals surface area contributed by atoms with Crippen LogP contribution in [-0.2, 0) is 34.1 Å². The fourth-order valence-corrected chi connectivity index (χ4v) is 2.95. The van der Waals surface area contributed by atoms with Gasteiger partial charge in [-0.25, -0.2) is 0 Å². The van der Waals surface area contributed by atoms with Gasteiger partial charge in [0.2, 0.25) is 0 Å². The number of aliphatic imine (C=N–C) groups is 4. The summed E-state index contributed by atoms with van der Waals surface area (Å²) < 4.78 is 0. The predicted octanol–water partition coefficient (Wildman–Crippen LogP) is 4.47. The number of hydrogen-bond donors (Lipinski definition) is 0. The van der Waals surface area contributed by atoms with Gasteiger partial charge in [0.25, 0.3) is 0 Å². The van der Waals surface area contributed by atoms with Crippen LogP contribution in [0.3, 0.4) is 0 Å². The maximum atomic E-state index is 10.5. The van der Waals surface area contributed by atoms with Crippen LogP contribution in [0.15, 0.2) is 67.3 Å². The first-order valence-electron chi connectivity index (χ1n) is 13.7. The second-order valence-electron chi connectivity index (χ2n) is 10.5. The Morgan fingerprint density at radius 2 is 0.476 bits per heavy atom. The van der Waals surface area contributed by atoms with Gasteiger partial charge in [-0.2, -0.15) is 0 Å². The van der Waals surface area contributed by atoms with Crippen LogP contribution in [0.4, 0.5) is 0 Å². The van der Waals surface area contributed by atoms with Crippen LogP contribution in [0, 0.1) is 0 Å². The molecule has 0 bridgehead atoms. The first-order valence-corrected chi connectivity index (χ1v) is 13.7. The second kappa shape index (κ2) is 31.8. The third-order valence-corrected chi connectivity index (χ3v) is 3.50. The molecule has 0 radical (unpaired) electrons. The Morgan fingerprint density at radius 3 is 0.548 bits per heavy atom. The summed E-state index contributed by atoms with van der Waals surface area (Å²) in [5.41, 5.74) is 3.23. The van der Waals surface area contributed by atoms with Crippen LogP contribution >= 0.6 is 0 Å². The van der Waals surface area contributed by atoms with Crippen molar-refractivity contribution in [3.8, 4) is 0 Å². The van der Waals surface area contributed by atoms with Gasteiger partial charge in [0.15, 0.2) is 0 Å². The SMILES string of the molecule is CC(/C=C(/C)[O-])=NC(C)C.CC(/C=C(/C)[O-])=NC(C)C.CC(/C=C(/C)[O-])=NC(C)C.CC(/C=C(/C)[O-])=NC(C)C.[Fe+2].[Fe+2]. The fourth-order valence-electron chi connectivity index (χ4n) is 2.95. The van der Waals surface area contributed by atoms with Crippen molar-refractivity contribution in [2.75, 3.05) is 0 Å². The van der Waals surface area contributed by atoms with E-state index in [1.165, 1.54) is 27.7 Å². The normalized spacial score (nSPS) is 13.8. The Hall–Kier alpha value is -2.12. The first kappa shape index (κ1) is 52.5. The number of rotatable bonds is 8. The predicted molar refractivity (Wildman–Crippen MR) is 168 cm³/mol. The van der Waals surface area contributed by atoms with Crippen molar-refractivity contribution >= 4 is 22.8 Å². The molecule has 0 aromatic rings. The van der Waals surface area contributed by atoms with Gasteiger partial charge in [-0.15, -0.1) is 23.0 Å². The molecule has 0 fully saturated rings. The van der Waals surface area contributed by atoms with Crippen LogP contribution in [-0.4, -0.2) is 47.0 Å².